The van der Waals surface area contributed by atoms with Crippen molar-refractivity contribution in [2.45, 2.75) is 12.8 Å². The van der Waals surface area contributed by atoms with Crippen molar-refractivity contribution in [3.63, 3.8) is 0 Å². The first kappa shape index (κ1) is 14.0. The van der Waals surface area contributed by atoms with Crippen LogP contribution in [0.1, 0.15) is 17.2 Å². The van der Waals surface area contributed by atoms with E-state index in [2.05, 4.69) is 41.9 Å². The summed E-state index contributed by atoms with van der Waals surface area (Å²) >= 11 is 1.67. The van der Waals surface area contributed by atoms with E-state index in [0.29, 0.717) is 5.92 Å². The largest absolute Gasteiger partial charge is 0.316 e. The van der Waals surface area contributed by atoms with Crippen LogP contribution in [0.4, 0.5) is 0 Å². The molecule has 1 aliphatic carbocycles. The molecule has 1 unspecified atom stereocenters. The molecule has 0 amide bonds. The first-order valence-electron chi connectivity index (χ1n) is 8.68. The molecular formula is C18H18N6S. The zero-order valence-corrected chi connectivity index (χ0v) is 14.9. The third kappa shape index (κ3) is 1.96. The van der Waals surface area contributed by atoms with E-state index in [-0.39, 0.29) is 0 Å². The molecule has 3 aromatic heterocycles. The molecule has 7 heteroatoms. The summed E-state index contributed by atoms with van der Waals surface area (Å²) in [4.78, 5) is 5.86. The molecule has 126 valence electrons. The van der Waals surface area contributed by atoms with Gasteiger partial charge in [-0.25, -0.2) is 9.50 Å². The van der Waals surface area contributed by atoms with Crippen molar-refractivity contribution in [3.8, 4) is 10.6 Å². The Kier molecular flexibility index (Phi) is 2.61. The Bertz CT molecular complexity index is 1090. The first-order chi connectivity index (χ1) is 12.2. The second-order valence-corrected chi connectivity index (χ2v) is 8.30. The van der Waals surface area contributed by atoms with Crippen LogP contribution >= 0.6 is 11.3 Å². The van der Waals surface area contributed by atoms with Crippen LogP contribution in [0.15, 0.2) is 24.5 Å². The van der Waals surface area contributed by atoms with Crippen LogP contribution in [0.2, 0.25) is 0 Å². The van der Waals surface area contributed by atoms with Crippen LogP contribution in [0.5, 0.6) is 0 Å². The smallest absolute Gasteiger partial charge is 0.212 e. The number of aromatic nitrogens is 5. The van der Waals surface area contributed by atoms with Gasteiger partial charge in [0.2, 0.25) is 4.96 Å². The van der Waals surface area contributed by atoms with Gasteiger partial charge in [0.15, 0.2) is 0 Å². The van der Waals surface area contributed by atoms with Gasteiger partial charge in [0.25, 0.3) is 0 Å². The summed E-state index contributed by atoms with van der Waals surface area (Å²) in [5.41, 5.74) is 4.60. The van der Waals surface area contributed by atoms with E-state index in [1.807, 2.05) is 16.2 Å². The van der Waals surface area contributed by atoms with E-state index in [4.69, 9.17) is 10.1 Å². The van der Waals surface area contributed by atoms with Gasteiger partial charge in [0, 0.05) is 30.1 Å². The summed E-state index contributed by atoms with van der Waals surface area (Å²) in [5, 5.41) is 14.9. The predicted molar refractivity (Wildman–Crippen MR) is 97.9 cm³/mol. The second-order valence-electron chi connectivity index (χ2n) is 7.35. The zero-order valence-electron chi connectivity index (χ0n) is 14.1. The van der Waals surface area contributed by atoms with Crippen molar-refractivity contribution in [2.75, 3.05) is 13.1 Å². The monoisotopic (exact) mass is 350 g/mol. The zero-order chi connectivity index (χ0) is 16.7. The lowest BCUT2D eigenvalue weighted by atomic mass is 10.1. The molecule has 1 saturated carbocycles. The van der Waals surface area contributed by atoms with Gasteiger partial charge in [-0.15, -0.1) is 0 Å². The number of piperidine rings is 1. The molecule has 0 radical (unpaired) electrons. The van der Waals surface area contributed by atoms with Crippen molar-refractivity contribution in [1.29, 1.82) is 0 Å². The fraction of sp³-hybridized carbons (Fsp3) is 0.389. The quantitative estimate of drug-likeness (QED) is 0.604. The Hall–Kier alpha value is -2.25. The highest BCUT2D eigenvalue weighted by atomic mass is 32.1. The third-order valence-corrected chi connectivity index (χ3v) is 6.63. The van der Waals surface area contributed by atoms with E-state index >= 15 is 0 Å². The summed E-state index contributed by atoms with van der Waals surface area (Å²) in [6.45, 7) is 4.39. The SMILES string of the molecule is Cc1cc(-c2nn3cc(C4[C@H]5CNC[C@@H]45)nc3s2)cc2cn(C)nc12. The number of rotatable bonds is 2. The van der Waals surface area contributed by atoms with Gasteiger partial charge in [-0.2, -0.15) is 10.2 Å². The highest BCUT2D eigenvalue weighted by Crippen LogP contribution is 2.55. The van der Waals surface area contributed by atoms with Gasteiger partial charge in [0.1, 0.15) is 5.01 Å². The van der Waals surface area contributed by atoms with E-state index in [1.165, 1.54) is 11.3 Å². The molecule has 2 aliphatic rings. The summed E-state index contributed by atoms with van der Waals surface area (Å²) in [7, 11) is 1.96. The number of nitrogens with one attached hydrogen (secondary N) is 1. The fourth-order valence-electron chi connectivity index (χ4n) is 4.40. The molecule has 4 heterocycles. The average Bonchev–Trinajstić information content (AvgIpc) is 3.09. The molecule has 2 fully saturated rings. The highest BCUT2D eigenvalue weighted by Gasteiger charge is 2.54. The topological polar surface area (TPSA) is 60.0 Å². The highest BCUT2D eigenvalue weighted by molar-refractivity contribution is 7.19. The van der Waals surface area contributed by atoms with Gasteiger partial charge in [-0.3, -0.25) is 4.68 Å². The van der Waals surface area contributed by atoms with Crippen LogP contribution in [0.25, 0.3) is 26.4 Å². The average molecular weight is 350 g/mol. The van der Waals surface area contributed by atoms with Crippen molar-refractivity contribution in [1.82, 2.24) is 29.7 Å². The molecule has 0 spiro atoms. The minimum Gasteiger partial charge on any atom is -0.316 e. The molecule has 1 aliphatic heterocycles. The lowest BCUT2D eigenvalue weighted by Crippen LogP contribution is -2.14. The number of hydrogen-bond donors (Lipinski definition) is 1. The molecular weight excluding hydrogens is 332 g/mol. The summed E-state index contributed by atoms with van der Waals surface area (Å²) in [6, 6.07) is 4.34. The summed E-state index contributed by atoms with van der Waals surface area (Å²) in [6.07, 6.45) is 4.19. The summed E-state index contributed by atoms with van der Waals surface area (Å²) < 4.78 is 3.82. The van der Waals surface area contributed by atoms with E-state index < -0.39 is 0 Å². The fourth-order valence-corrected chi connectivity index (χ4v) is 5.28. The predicted octanol–water partition coefficient (Wildman–Crippen LogP) is 2.59. The molecule has 1 aromatic carbocycles. The Morgan fingerprint density at radius 2 is 2.00 bits per heavy atom. The molecule has 3 atom stereocenters. The summed E-state index contributed by atoms with van der Waals surface area (Å²) in [5.74, 6) is 2.23. The van der Waals surface area contributed by atoms with E-state index in [1.54, 1.807) is 11.3 Å². The second kappa shape index (κ2) is 4.68. The molecule has 1 N–H and O–H groups in total. The van der Waals surface area contributed by atoms with Gasteiger partial charge >= 0.3 is 0 Å². The number of nitrogens with zero attached hydrogens (tertiary/aromatic N) is 5. The number of benzene rings is 1. The standard InChI is InChI=1S/C18H18N6S/c1-9-3-10(4-11-7-23(2)21-16(9)11)17-22-24-8-14(20-18(24)25-17)15-12-5-19-6-13(12)15/h3-4,7-8,12-13,15,19H,5-6H2,1-2H3/t12-,13+,15?. The van der Waals surface area contributed by atoms with Crippen molar-refractivity contribution in [2.24, 2.45) is 18.9 Å². The van der Waals surface area contributed by atoms with Crippen LogP contribution < -0.4 is 5.32 Å². The molecule has 25 heavy (non-hydrogen) atoms. The molecule has 6 nitrogen and oxygen atoms in total. The van der Waals surface area contributed by atoms with Crippen LogP contribution in [-0.2, 0) is 7.05 Å². The van der Waals surface area contributed by atoms with E-state index in [0.717, 1.165) is 51.4 Å². The maximum Gasteiger partial charge on any atom is 0.212 e. The van der Waals surface area contributed by atoms with Crippen molar-refractivity contribution < 1.29 is 0 Å². The maximum absolute atomic E-state index is 4.87. The minimum atomic E-state index is 0.646. The van der Waals surface area contributed by atoms with Gasteiger partial charge < -0.3 is 5.32 Å². The maximum atomic E-state index is 4.87. The van der Waals surface area contributed by atoms with Crippen LogP contribution in [-0.4, -0.2) is 37.5 Å². The van der Waals surface area contributed by atoms with E-state index in [9.17, 15) is 0 Å². The Morgan fingerprint density at radius 3 is 2.80 bits per heavy atom. The number of aryl methyl sites for hydroxylation is 2. The molecule has 6 rings (SSSR count). The van der Waals surface area contributed by atoms with Gasteiger partial charge in [0.05, 0.1) is 17.4 Å². The minimum absolute atomic E-state index is 0.646. The van der Waals surface area contributed by atoms with Crippen molar-refractivity contribution >= 4 is 27.2 Å². The first-order valence-corrected chi connectivity index (χ1v) is 9.50. The molecule has 0 bridgehead atoms. The lowest BCUT2D eigenvalue weighted by molar-refractivity contribution is 0.676. The van der Waals surface area contributed by atoms with Crippen LogP contribution in [0, 0.1) is 18.8 Å². The Morgan fingerprint density at radius 1 is 1.16 bits per heavy atom. The van der Waals surface area contributed by atoms with Crippen molar-refractivity contribution in [3.05, 3.63) is 35.8 Å². The third-order valence-electron chi connectivity index (χ3n) is 5.66. The van der Waals surface area contributed by atoms with Crippen LogP contribution in [0.3, 0.4) is 0 Å². The van der Waals surface area contributed by atoms with Gasteiger partial charge in [-0.05, 0) is 49.5 Å². The van der Waals surface area contributed by atoms with Gasteiger partial charge in [-0.1, -0.05) is 11.3 Å². The molecule has 1 saturated heterocycles. The Balaban J connectivity index is 1.40. The molecule has 4 aromatic rings. The lowest BCUT2D eigenvalue weighted by Gasteiger charge is -2.00. The number of imidazole rings is 1. The number of hydrogen-bond acceptors (Lipinski definition) is 5. The Labute approximate surface area is 148 Å². The normalized spacial score (nSPS) is 25.1. The number of fused-ring (bicyclic) bond motifs is 3.